The Morgan fingerprint density at radius 2 is 2.18 bits per heavy atom. The highest BCUT2D eigenvalue weighted by Gasteiger charge is 2.19. The van der Waals surface area contributed by atoms with Crippen LogP contribution >= 0.6 is 0 Å². The molecule has 0 spiro atoms. The van der Waals surface area contributed by atoms with E-state index in [2.05, 4.69) is 29.1 Å². The number of rotatable bonds is 3. The van der Waals surface area contributed by atoms with E-state index in [1.54, 1.807) is 0 Å². The van der Waals surface area contributed by atoms with Crippen molar-refractivity contribution in [1.29, 1.82) is 5.26 Å². The predicted molar refractivity (Wildman–Crippen MR) is 66.2 cm³/mol. The predicted octanol–water partition coefficient (Wildman–Crippen LogP) is 1.72. The molecular formula is C13H20N4. The van der Waals surface area contributed by atoms with Crippen molar-refractivity contribution in [2.45, 2.75) is 32.7 Å². The van der Waals surface area contributed by atoms with Crippen molar-refractivity contribution >= 4 is 0 Å². The zero-order chi connectivity index (χ0) is 12.3. The molecule has 0 bridgehead atoms. The smallest absolute Gasteiger partial charge is 0.0656 e. The lowest BCUT2D eigenvalue weighted by Crippen LogP contribution is -2.33. The third-order valence-electron chi connectivity index (χ3n) is 3.55. The van der Waals surface area contributed by atoms with E-state index >= 15 is 0 Å². The lowest BCUT2D eigenvalue weighted by molar-refractivity contribution is 0.194. The number of nitrogens with zero attached hydrogens (tertiary/aromatic N) is 4. The van der Waals surface area contributed by atoms with Crippen molar-refractivity contribution in [3.8, 4) is 6.07 Å². The highest BCUT2D eigenvalue weighted by molar-refractivity contribution is 5.10. The number of aromatic nitrogens is 2. The van der Waals surface area contributed by atoms with Gasteiger partial charge < -0.3 is 0 Å². The third kappa shape index (κ3) is 2.86. The van der Waals surface area contributed by atoms with Gasteiger partial charge in [0.05, 0.1) is 17.5 Å². The zero-order valence-corrected chi connectivity index (χ0v) is 10.7. The molecule has 0 atom stereocenters. The van der Waals surface area contributed by atoms with Crippen LogP contribution in [-0.2, 0) is 20.0 Å². The largest absolute Gasteiger partial charge is 0.297 e. The van der Waals surface area contributed by atoms with Crippen LogP contribution in [0.1, 0.15) is 31.2 Å². The summed E-state index contributed by atoms with van der Waals surface area (Å²) in [7, 11) is 2.01. The molecule has 0 amide bonds. The molecular weight excluding hydrogens is 212 g/mol. The maximum Gasteiger partial charge on any atom is 0.0656 e. The van der Waals surface area contributed by atoms with Gasteiger partial charge in [-0.05, 0) is 38.4 Å². The van der Waals surface area contributed by atoms with Crippen LogP contribution in [-0.4, -0.2) is 27.8 Å². The fourth-order valence-corrected chi connectivity index (χ4v) is 2.34. The molecule has 1 aliphatic rings. The Morgan fingerprint density at radius 1 is 1.47 bits per heavy atom. The second-order valence-corrected chi connectivity index (χ2v) is 4.78. The van der Waals surface area contributed by atoms with Crippen molar-refractivity contribution < 1.29 is 0 Å². The number of hydrogen-bond donors (Lipinski definition) is 0. The molecule has 0 unspecified atom stereocenters. The van der Waals surface area contributed by atoms with Crippen molar-refractivity contribution in [3.05, 3.63) is 17.5 Å². The van der Waals surface area contributed by atoms with Gasteiger partial charge in [-0.2, -0.15) is 10.4 Å². The minimum absolute atomic E-state index is 0.268. The molecule has 1 aromatic heterocycles. The third-order valence-corrected chi connectivity index (χ3v) is 3.55. The second kappa shape index (κ2) is 5.33. The van der Waals surface area contributed by atoms with E-state index in [9.17, 15) is 0 Å². The summed E-state index contributed by atoms with van der Waals surface area (Å²) in [5.74, 6) is 0.268. The van der Waals surface area contributed by atoms with E-state index in [-0.39, 0.29) is 5.92 Å². The quantitative estimate of drug-likeness (QED) is 0.797. The Balaban J connectivity index is 1.93. The summed E-state index contributed by atoms with van der Waals surface area (Å²) in [6, 6.07) is 4.56. The van der Waals surface area contributed by atoms with Crippen LogP contribution in [0.5, 0.6) is 0 Å². The summed E-state index contributed by atoms with van der Waals surface area (Å²) in [5, 5.41) is 13.3. The first-order chi connectivity index (χ1) is 8.22. The molecule has 1 fully saturated rings. The van der Waals surface area contributed by atoms with Crippen molar-refractivity contribution in [3.63, 3.8) is 0 Å². The van der Waals surface area contributed by atoms with Gasteiger partial charge in [0.15, 0.2) is 0 Å². The van der Waals surface area contributed by atoms with Gasteiger partial charge in [-0.25, -0.2) is 0 Å². The van der Waals surface area contributed by atoms with Gasteiger partial charge in [0.2, 0.25) is 0 Å². The molecule has 17 heavy (non-hydrogen) atoms. The zero-order valence-electron chi connectivity index (χ0n) is 10.7. The van der Waals surface area contributed by atoms with Gasteiger partial charge in [-0.1, -0.05) is 6.92 Å². The second-order valence-electron chi connectivity index (χ2n) is 4.78. The molecule has 1 saturated heterocycles. The Hall–Kier alpha value is -1.34. The normalized spacial score (nSPS) is 18.2. The van der Waals surface area contributed by atoms with Gasteiger partial charge in [0.1, 0.15) is 0 Å². The molecule has 0 N–H and O–H groups in total. The molecule has 2 rings (SSSR count). The van der Waals surface area contributed by atoms with Gasteiger partial charge >= 0.3 is 0 Å². The molecule has 92 valence electrons. The van der Waals surface area contributed by atoms with Gasteiger partial charge in [0, 0.05) is 19.5 Å². The van der Waals surface area contributed by atoms with Crippen LogP contribution < -0.4 is 0 Å². The van der Waals surface area contributed by atoms with Crippen molar-refractivity contribution in [2.24, 2.45) is 13.0 Å². The fraction of sp³-hybridized carbons (Fsp3) is 0.692. The molecule has 0 aromatic carbocycles. The Morgan fingerprint density at radius 3 is 2.71 bits per heavy atom. The van der Waals surface area contributed by atoms with Crippen molar-refractivity contribution in [1.82, 2.24) is 14.7 Å². The first-order valence-electron chi connectivity index (χ1n) is 6.36. The fourth-order valence-electron chi connectivity index (χ4n) is 2.34. The van der Waals surface area contributed by atoms with Gasteiger partial charge in [-0.15, -0.1) is 0 Å². The topological polar surface area (TPSA) is 44.9 Å². The average Bonchev–Trinajstić information content (AvgIpc) is 2.71. The van der Waals surface area contributed by atoms with Crippen LogP contribution in [0.2, 0.25) is 0 Å². The number of aryl methyl sites for hydroxylation is 2. The number of nitriles is 1. The molecule has 0 radical (unpaired) electrons. The molecule has 0 saturated carbocycles. The first kappa shape index (κ1) is 12.1. The highest BCUT2D eigenvalue weighted by atomic mass is 15.3. The van der Waals surface area contributed by atoms with E-state index < -0.39 is 0 Å². The minimum atomic E-state index is 0.268. The van der Waals surface area contributed by atoms with Crippen LogP contribution in [0.25, 0.3) is 0 Å². The summed E-state index contributed by atoms with van der Waals surface area (Å²) in [5.41, 5.74) is 2.44. The SMILES string of the molecule is CCc1cc(CN2CCC(C#N)CC2)n(C)n1. The lowest BCUT2D eigenvalue weighted by Gasteiger charge is -2.28. The summed E-state index contributed by atoms with van der Waals surface area (Å²) >= 11 is 0. The van der Waals surface area contributed by atoms with Crippen LogP contribution in [0.3, 0.4) is 0 Å². The van der Waals surface area contributed by atoms with Gasteiger partial charge in [0.25, 0.3) is 0 Å². The highest BCUT2D eigenvalue weighted by Crippen LogP contribution is 2.18. The molecule has 2 heterocycles. The minimum Gasteiger partial charge on any atom is -0.297 e. The lowest BCUT2D eigenvalue weighted by atomic mass is 9.98. The Bertz CT molecular complexity index is 408. The van der Waals surface area contributed by atoms with E-state index in [1.165, 1.54) is 5.69 Å². The van der Waals surface area contributed by atoms with Crippen molar-refractivity contribution in [2.75, 3.05) is 13.1 Å². The molecule has 1 aromatic rings. The average molecular weight is 232 g/mol. The molecule has 4 nitrogen and oxygen atoms in total. The monoisotopic (exact) mass is 232 g/mol. The molecule has 0 aliphatic carbocycles. The van der Waals surface area contributed by atoms with E-state index in [1.807, 2.05) is 11.7 Å². The van der Waals surface area contributed by atoms with E-state index in [0.717, 1.165) is 44.6 Å². The van der Waals surface area contributed by atoms with Gasteiger partial charge in [-0.3, -0.25) is 9.58 Å². The summed E-state index contributed by atoms with van der Waals surface area (Å²) < 4.78 is 1.98. The van der Waals surface area contributed by atoms with Crippen LogP contribution in [0, 0.1) is 17.2 Å². The van der Waals surface area contributed by atoms with E-state index in [0.29, 0.717) is 0 Å². The first-order valence-corrected chi connectivity index (χ1v) is 6.36. The van der Waals surface area contributed by atoms with Crippen LogP contribution in [0.4, 0.5) is 0 Å². The molecule has 4 heteroatoms. The Labute approximate surface area is 103 Å². The summed E-state index contributed by atoms with van der Waals surface area (Å²) in [6.45, 7) is 5.15. The van der Waals surface area contributed by atoms with Crippen LogP contribution in [0.15, 0.2) is 6.07 Å². The summed E-state index contributed by atoms with van der Waals surface area (Å²) in [6.07, 6.45) is 3.01. The van der Waals surface area contributed by atoms with E-state index in [4.69, 9.17) is 5.26 Å². The maximum atomic E-state index is 8.86. The number of hydrogen-bond acceptors (Lipinski definition) is 3. The number of likely N-dealkylation sites (tertiary alicyclic amines) is 1. The summed E-state index contributed by atoms with van der Waals surface area (Å²) in [4.78, 5) is 2.42. The maximum absolute atomic E-state index is 8.86. The standard InChI is InChI=1S/C13H20N4/c1-3-12-8-13(16(2)15-12)10-17-6-4-11(9-14)5-7-17/h8,11H,3-7,10H2,1-2H3. The molecule has 1 aliphatic heterocycles. The Kier molecular flexibility index (Phi) is 3.80. The number of piperidine rings is 1.